The largest absolute Gasteiger partial charge is 0.394 e. The fourth-order valence-corrected chi connectivity index (χ4v) is 2.10. The Kier molecular flexibility index (Phi) is 4.12. The van der Waals surface area contributed by atoms with E-state index in [-0.39, 0.29) is 24.6 Å². The van der Waals surface area contributed by atoms with E-state index in [1.54, 1.807) is 0 Å². The number of nitrogens with one attached hydrogen (secondary N) is 2. The SMILES string of the molecule is O=C(NC(CO)c1ccccc1)[C@H]1CCCN1. The molecular formula is C13H18N2O2. The highest BCUT2D eigenvalue weighted by Gasteiger charge is 2.24. The molecule has 0 radical (unpaired) electrons. The second kappa shape index (κ2) is 5.80. The number of carbonyl (C=O) groups excluding carboxylic acids is 1. The normalized spacial score (nSPS) is 21.1. The van der Waals surface area contributed by atoms with Crippen LogP contribution in [0.25, 0.3) is 0 Å². The molecule has 1 aliphatic rings. The zero-order valence-electron chi connectivity index (χ0n) is 9.73. The van der Waals surface area contributed by atoms with Crippen molar-refractivity contribution in [3.8, 4) is 0 Å². The molecule has 0 saturated carbocycles. The number of rotatable bonds is 4. The smallest absolute Gasteiger partial charge is 0.237 e. The van der Waals surface area contributed by atoms with Gasteiger partial charge in [0.2, 0.25) is 5.91 Å². The van der Waals surface area contributed by atoms with Gasteiger partial charge in [0.25, 0.3) is 0 Å². The lowest BCUT2D eigenvalue weighted by Gasteiger charge is -2.19. The minimum Gasteiger partial charge on any atom is -0.394 e. The summed E-state index contributed by atoms with van der Waals surface area (Å²) in [5.74, 6) is -0.0228. The van der Waals surface area contributed by atoms with Gasteiger partial charge in [-0.05, 0) is 24.9 Å². The zero-order chi connectivity index (χ0) is 12.1. The molecule has 4 heteroatoms. The second-order valence-electron chi connectivity index (χ2n) is 4.30. The van der Waals surface area contributed by atoms with Crippen LogP contribution in [-0.4, -0.2) is 30.2 Å². The van der Waals surface area contributed by atoms with Gasteiger partial charge in [-0.25, -0.2) is 0 Å². The first-order valence-corrected chi connectivity index (χ1v) is 6.01. The van der Waals surface area contributed by atoms with E-state index in [9.17, 15) is 9.90 Å². The van der Waals surface area contributed by atoms with E-state index in [0.29, 0.717) is 0 Å². The highest BCUT2D eigenvalue weighted by atomic mass is 16.3. The quantitative estimate of drug-likeness (QED) is 0.714. The average Bonchev–Trinajstić information content (AvgIpc) is 2.90. The van der Waals surface area contributed by atoms with Gasteiger partial charge in [-0.2, -0.15) is 0 Å². The van der Waals surface area contributed by atoms with Crippen LogP contribution in [0.5, 0.6) is 0 Å². The highest BCUT2D eigenvalue weighted by molar-refractivity contribution is 5.82. The van der Waals surface area contributed by atoms with Crippen molar-refractivity contribution in [1.29, 1.82) is 0 Å². The van der Waals surface area contributed by atoms with Crippen molar-refractivity contribution in [3.05, 3.63) is 35.9 Å². The van der Waals surface area contributed by atoms with E-state index >= 15 is 0 Å². The van der Waals surface area contributed by atoms with Gasteiger partial charge in [0.05, 0.1) is 18.7 Å². The minimum atomic E-state index is -0.314. The highest BCUT2D eigenvalue weighted by Crippen LogP contribution is 2.13. The summed E-state index contributed by atoms with van der Waals surface area (Å²) in [6.45, 7) is 0.815. The third kappa shape index (κ3) is 3.05. The summed E-state index contributed by atoms with van der Waals surface area (Å²) in [4.78, 5) is 11.9. The van der Waals surface area contributed by atoms with Gasteiger partial charge in [0.1, 0.15) is 0 Å². The summed E-state index contributed by atoms with van der Waals surface area (Å²) in [6, 6.07) is 9.11. The third-order valence-electron chi connectivity index (χ3n) is 3.08. The maximum atomic E-state index is 11.9. The number of amides is 1. The molecule has 0 aromatic heterocycles. The third-order valence-corrected chi connectivity index (χ3v) is 3.08. The Balaban J connectivity index is 1.97. The lowest BCUT2D eigenvalue weighted by molar-refractivity contribution is -0.123. The Morgan fingerprint density at radius 1 is 1.47 bits per heavy atom. The van der Waals surface area contributed by atoms with Crippen molar-refractivity contribution in [2.45, 2.75) is 24.9 Å². The Hall–Kier alpha value is -1.39. The Morgan fingerprint density at radius 3 is 2.82 bits per heavy atom. The van der Waals surface area contributed by atoms with Crippen LogP contribution in [0.15, 0.2) is 30.3 Å². The standard InChI is InChI=1S/C13H18N2O2/c16-9-12(10-5-2-1-3-6-10)15-13(17)11-7-4-8-14-11/h1-3,5-6,11-12,14,16H,4,7-9H2,(H,15,17)/t11-,12?/m1/s1. The van der Waals surface area contributed by atoms with Crippen molar-refractivity contribution >= 4 is 5.91 Å². The molecule has 17 heavy (non-hydrogen) atoms. The predicted octanol–water partition coefficient (Wildman–Crippen LogP) is 0.588. The zero-order valence-corrected chi connectivity index (χ0v) is 9.73. The summed E-state index contributed by atoms with van der Waals surface area (Å²) in [5, 5.41) is 15.4. The van der Waals surface area contributed by atoms with E-state index in [0.717, 1.165) is 24.9 Å². The van der Waals surface area contributed by atoms with Gasteiger partial charge < -0.3 is 15.7 Å². The first-order chi connectivity index (χ1) is 8.31. The first kappa shape index (κ1) is 12.1. The van der Waals surface area contributed by atoms with Crippen LogP contribution < -0.4 is 10.6 Å². The summed E-state index contributed by atoms with van der Waals surface area (Å²) in [7, 11) is 0. The number of hydrogen-bond donors (Lipinski definition) is 3. The van der Waals surface area contributed by atoms with Crippen LogP contribution in [0.2, 0.25) is 0 Å². The molecule has 1 amide bonds. The Morgan fingerprint density at radius 2 is 2.24 bits per heavy atom. The van der Waals surface area contributed by atoms with Gasteiger partial charge in [0, 0.05) is 0 Å². The summed E-state index contributed by atoms with van der Waals surface area (Å²) >= 11 is 0. The molecule has 1 aliphatic heterocycles. The molecule has 2 atom stereocenters. The number of benzene rings is 1. The van der Waals surface area contributed by atoms with Crippen molar-refractivity contribution < 1.29 is 9.90 Å². The van der Waals surface area contributed by atoms with Crippen LogP contribution >= 0.6 is 0 Å². The van der Waals surface area contributed by atoms with Crippen molar-refractivity contribution in [2.24, 2.45) is 0 Å². The molecule has 92 valence electrons. The monoisotopic (exact) mass is 234 g/mol. The van der Waals surface area contributed by atoms with Gasteiger partial charge in [-0.15, -0.1) is 0 Å². The van der Waals surface area contributed by atoms with Gasteiger partial charge in [0.15, 0.2) is 0 Å². The fraction of sp³-hybridized carbons (Fsp3) is 0.462. The predicted molar refractivity (Wildman–Crippen MR) is 65.4 cm³/mol. The van der Waals surface area contributed by atoms with E-state index in [2.05, 4.69) is 10.6 Å². The number of aliphatic hydroxyl groups excluding tert-OH is 1. The molecule has 0 spiro atoms. The van der Waals surface area contributed by atoms with Crippen LogP contribution in [0.3, 0.4) is 0 Å². The molecular weight excluding hydrogens is 216 g/mol. The van der Waals surface area contributed by atoms with Crippen LogP contribution in [0, 0.1) is 0 Å². The van der Waals surface area contributed by atoms with Crippen molar-refractivity contribution in [3.63, 3.8) is 0 Å². The molecule has 0 aliphatic carbocycles. The number of carbonyl (C=O) groups is 1. The van der Waals surface area contributed by atoms with E-state index in [1.165, 1.54) is 0 Å². The molecule has 1 unspecified atom stereocenters. The van der Waals surface area contributed by atoms with Gasteiger partial charge in [-0.1, -0.05) is 30.3 Å². The number of aliphatic hydroxyl groups is 1. The molecule has 2 rings (SSSR count). The van der Waals surface area contributed by atoms with E-state index in [1.807, 2.05) is 30.3 Å². The number of hydrogen-bond acceptors (Lipinski definition) is 3. The lowest BCUT2D eigenvalue weighted by atomic mass is 10.1. The second-order valence-corrected chi connectivity index (χ2v) is 4.30. The molecule has 1 heterocycles. The lowest BCUT2D eigenvalue weighted by Crippen LogP contribution is -2.42. The van der Waals surface area contributed by atoms with E-state index < -0.39 is 0 Å². The Bertz CT molecular complexity index is 361. The minimum absolute atomic E-state index is 0.0228. The average molecular weight is 234 g/mol. The van der Waals surface area contributed by atoms with Crippen molar-refractivity contribution in [1.82, 2.24) is 10.6 Å². The Labute approximate surface area is 101 Å². The molecule has 1 saturated heterocycles. The molecule has 1 fully saturated rings. The maximum Gasteiger partial charge on any atom is 0.237 e. The summed E-state index contributed by atoms with van der Waals surface area (Å²) < 4.78 is 0. The molecule has 0 bridgehead atoms. The summed E-state index contributed by atoms with van der Waals surface area (Å²) in [5.41, 5.74) is 0.932. The molecule has 4 nitrogen and oxygen atoms in total. The van der Waals surface area contributed by atoms with Crippen LogP contribution in [0.4, 0.5) is 0 Å². The fourth-order valence-electron chi connectivity index (χ4n) is 2.10. The van der Waals surface area contributed by atoms with Crippen LogP contribution in [0.1, 0.15) is 24.4 Å². The summed E-state index contributed by atoms with van der Waals surface area (Å²) in [6.07, 6.45) is 1.91. The van der Waals surface area contributed by atoms with Crippen LogP contribution in [-0.2, 0) is 4.79 Å². The molecule has 3 N–H and O–H groups in total. The van der Waals surface area contributed by atoms with Crippen molar-refractivity contribution in [2.75, 3.05) is 13.2 Å². The molecule has 1 aromatic rings. The topological polar surface area (TPSA) is 61.4 Å². The van der Waals surface area contributed by atoms with E-state index in [4.69, 9.17) is 0 Å². The molecule has 1 aromatic carbocycles. The maximum absolute atomic E-state index is 11.9. The van der Waals surface area contributed by atoms with Gasteiger partial charge >= 0.3 is 0 Å². The van der Waals surface area contributed by atoms with Gasteiger partial charge in [-0.3, -0.25) is 4.79 Å². The first-order valence-electron chi connectivity index (χ1n) is 6.01.